The van der Waals surface area contributed by atoms with Crippen LogP contribution in [0.15, 0.2) is 29.3 Å². The van der Waals surface area contributed by atoms with Crippen LogP contribution in [-0.2, 0) is 9.84 Å². The summed E-state index contributed by atoms with van der Waals surface area (Å²) in [6, 6.07) is 0.923. The molecular weight excluding hydrogens is 220 g/mol. The second kappa shape index (κ2) is 3.77. The van der Waals surface area contributed by atoms with Crippen LogP contribution in [0.3, 0.4) is 0 Å². The predicted molar refractivity (Wildman–Crippen MR) is 53.0 cm³/mol. The first-order valence-corrected chi connectivity index (χ1v) is 5.41. The highest BCUT2D eigenvalue weighted by molar-refractivity contribution is 7.94. The maximum absolute atomic E-state index is 11.3. The van der Waals surface area contributed by atoms with Gasteiger partial charge in [-0.25, -0.2) is 13.4 Å². The zero-order valence-corrected chi connectivity index (χ0v) is 8.69. The molecule has 0 unspecified atom stereocenters. The smallest absolute Gasteiger partial charge is 0.258 e. The number of aryl methyl sites for hydroxylation is 1. The van der Waals surface area contributed by atoms with Crippen LogP contribution in [0, 0.1) is 17.0 Å². The summed E-state index contributed by atoms with van der Waals surface area (Å²) in [6.45, 7) is 4.59. The van der Waals surface area contributed by atoms with Crippen molar-refractivity contribution >= 4 is 15.5 Å². The number of nitrogens with zero attached hydrogens (tertiary/aromatic N) is 2. The van der Waals surface area contributed by atoms with Crippen LogP contribution in [-0.4, -0.2) is 18.3 Å². The van der Waals surface area contributed by atoms with Crippen LogP contribution in [0.25, 0.3) is 0 Å². The van der Waals surface area contributed by atoms with E-state index in [-0.39, 0.29) is 10.7 Å². The zero-order valence-electron chi connectivity index (χ0n) is 7.87. The van der Waals surface area contributed by atoms with Crippen molar-refractivity contribution in [3.8, 4) is 0 Å². The van der Waals surface area contributed by atoms with Crippen LogP contribution < -0.4 is 0 Å². The van der Waals surface area contributed by atoms with Gasteiger partial charge in [0.25, 0.3) is 5.69 Å². The summed E-state index contributed by atoms with van der Waals surface area (Å²) in [7, 11) is -3.72. The van der Waals surface area contributed by atoms with Crippen LogP contribution >= 0.6 is 0 Å². The van der Waals surface area contributed by atoms with Crippen molar-refractivity contribution in [2.24, 2.45) is 0 Å². The Hall–Kier alpha value is -1.76. The van der Waals surface area contributed by atoms with Gasteiger partial charge in [0, 0.05) is 17.2 Å². The highest BCUT2D eigenvalue weighted by atomic mass is 32.2. The predicted octanol–water partition coefficient (Wildman–Crippen LogP) is 1.22. The number of nitro groups is 1. The Morgan fingerprint density at radius 1 is 1.60 bits per heavy atom. The largest absolute Gasteiger partial charge is 0.276 e. The molecule has 0 aliphatic carbocycles. The second-order valence-electron chi connectivity index (χ2n) is 2.78. The normalized spacial score (nSPS) is 11.0. The number of pyridine rings is 1. The molecule has 0 aromatic carbocycles. The topological polar surface area (TPSA) is 90.2 Å². The van der Waals surface area contributed by atoms with E-state index in [0.29, 0.717) is 11.0 Å². The van der Waals surface area contributed by atoms with Crippen molar-refractivity contribution < 1.29 is 13.3 Å². The number of aromatic nitrogens is 1. The SMILES string of the molecule is C=CS(=O)(=O)c1cc([N+](=O)[O-])c(C)cn1. The Balaban J connectivity index is 3.44. The number of hydrogen-bond donors (Lipinski definition) is 0. The van der Waals surface area contributed by atoms with Gasteiger partial charge in [-0.15, -0.1) is 0 Å². The molecule has 1 rings (SSSR count). The van der Waals surface area contributed by atoms with Crippen molar-refractivity contribution in [1.82, 2.24) is 4.98 Å². The molecule has 1 aromatic heterocycles. The fourth-order valence-electron chi connectivity index (χ4n) is 0.932. The summed E-state index contributed by atoms with van der Waals surface area (Å²) in [6.07, 6.45) is 1.15. The average Bonchev–Trinajstić information content (AvgIpc) is 2.17. The molecule has 0 amide bonds. The summed E-state index contributed by atoms with van der Waals surface area (Å²) in [5.41, 5.74) is 0.0356. The monoisotopic (exact) mass is 228 g/mol. The lowest BCUT2D eigenvalue weighted by atomic mass is 10.3. The lowest BCUT2D eigenvalue weighted by molar-refractivity contribution is -0.385. The molecule has 0 saturated carbocycles. The lowest BCUT2D eigenvalue weighted by Gasteiger charge is -1.99. The Labute approximate surface area is 86.3 Å². The third-order valence-corrected chi connectivity index (χ3v) is 3.00. The third kappa shape index (κ3) is 2.18. The molecule has 1 aromatic rings. The Morgan fingerprint density at radius 2 is 2.20 bits per heavy atom. The van der Waals surface area contributed by atoms with Crippen molar-refractivity contribution in [3.05, 3.63) is 39.9 Å². The summed E-state index contributed by atoms with van der Waals surface area (Å²) in [4.78, 5) is 13.5. The van der Waals surface area contributed by atoms with Crippen molar-refractivity contribution in [3.63, 3.8) is 0 Å². The van der Waals surface area contributed by atoms with E-state index in [2.05, 4.69) is 11.6 Å². The molecule has 0 bridgehead atoms. The van der Waals surface area contributed by atoms with Gasteiger partial charge in [0.1, 0.15) is 0 Å². The van der Waals surface area contributed by atoms with Gasteiger partial charge in [-0.05, 0) is 6.92 Å². The van der Waals surface area contributed by atoms with Gasteiger partial charge in [-0.1, -0.05) is 6.58 Å². The first kappa shape index (κ1) is 11.3. The third-order valence-electron chi connectivity index (χ3n) is 1.76. The van der Waals surface area contributed by atoms with E-state index < -0.39 is 14.8 Å². The molecule has 0 N–H and O–H groups in total. The fourth-order valence-corrected chi connectivity index (χ4v) is 1.58. The standard InChI is InChI=1S/C8H8N2O4S/c1-3-15(13,14)8-4-7(10(11)12)6(2)5-9-8/h3-5H,1H2,2H3. The first-order valence-electron chi connectivity index (χ1n) is 3.87. The maximum atomic E-state index is 11.3. The first-order chi connectivity index (χ1) is 6.88. The number of hydrogen-bond acceptors (Lipinski definition) is 5. The molecule has 80 valence electrons. The average molecular weight is 228 g/mol. The van der Waals surface area contributed by atoms with E-state index >= 15 is 0 Å². The van der Waals surface area contributed by atoms with E-state index in [9.17, 15) is 18.5 Å². The Bertz CT molecular complexity index is 521. The maximum Gasteiger partial charge on any atom is 0.276 e. The molecule has 0 saturated heterocycles. The van der Waals surface area contributed by atoms with E-state index in [0.717, 1.165) is 12.3 Å². The van der Waals surface area contributed by atoms with Crippen LogP contribution in [0.1, 0.15) is 5.56 Å². The van der Waals surface area contributed by atoms with Crippen molar-refractivity contribution in [1.29, 1.82) is 0 Å². The number of rotatable bonds is 3. The van der Waals surface area contributed by atoms with E-state index in [4.69, 9.17) is 0 Å². The van der Waals surface area contributed by atoms with Crippen molar-refractivity contribution in [2.45, 2.75) is 11.9 Å². The molecule has 6 nitrogen and oxygen atoms in total. The quantitative estimate of drug-likeness (QED) is 0.573. The summed E-state index contributed by atoms with van der Waals surface area (Å²) < 4.78 is 22.6. The molecule has 0 fully saturated rings. The van der Waals surface area contributed by atoms with Gasteiger partial charge in [0.05, 0.1) is 11.0 Å². The van der Waals surface area contributed by atoms with E-state index in [1.807, 2.05) is 0 Å². The van der Waals surface area contributed by atoms with Crippen LogP contribution in [0.2, 0.25) is 0 Å². The summed E-state index contributed by atoms with van der Waals surface area (Å²) in [5, 5.41) is 10.9. The molecule has 0 spiro atoms. The van der Waals surface area contributed by atoms with E-state index in [1.165, 1.54) is 6.92 Å². The zero-order chi connectivity index (χ0) is 11.6. The fraction of sp³-hybridized carbons (Fsp3) is 0.125. The van der Waals surface area contributed by atoms with Gasteiger partial charge >= 0.3 is 0 Å². The van der Waals surface area contributed by atoms with Gasteiger partial charge in [0.2, 0.25) is 9.84 Å². The minimum atomic E-state index is -3.72. The van der Waals surface area contributed by atoms with Crippen LogP contribution in [0.4, 0.5) is 5.69 Å². The highest BCUT2D eigenvalue weighted by Gasteiger charge is 2.18. The van der Waals surface area contributed by atoms with Gasteiger partial charge in [0.15, 0.2) is 5.03 Å². The minimum absolute atomic E-state index is 0.273. The Morgan fingerprint density at radius 3 is 2.67 bits per heavy atom. The van der Waals surface area contributed by atoms with Gasteiger partial charge < -0.3 is 0 Å². The molecule has 0 radical (unpaired) electrons. The van der Waals surface area contributed by atoms with Crippen LogP contribution in [0.5, 0.6) is 0 Å². The molecule has 1 heterocycles. The van der Waals surface area contributed by atoms with E-state index in [1.54, 1.807) is 0 Å². The highest BCUT2D eigenvalue weighted by Crippen LogP contribution is 2.20. The number of sulfone groups is 1. The molecule has 15 heavy (non-hydrogen) atoms. The molecular formula is C8H8N2O4S. The molecule has 0 atom stereocenters. The van der Waals surface area contributed by atoms with Gasteiger partial charge in [-0.2, -0.15) is 0 Å². The van der Waals surface area contributed by atoms with Gasteiger partial charge in [-0.3, -0.25) is 10.1 Å². The Kier molecular flexibility index (Phi) is 2.85. The summed E-state index contributed by atoms with van der Waals surface area (Å²) >= 11 is 0. The minimum Gasteiger partial charge on any atom is -0.258 e. The van der Waals surface area contributed by atoms with Crippen molar-refractivity contribution in [2.75, 3.05) is 0 Å². The molecule has 7 heteroatoms. The summed E-state index contributed by atoms with van der Waals surface area (Å²) in [5.74, 6) is 0. The second-order valence-corrected chi connectivity index (χ2v) is 4.62. The molecule has 0 aliphatic rings. The lowest BCUT2D eigenvalue weighted by Crippen LogP contribution is -2.02. The molecule has 0 aliphatic heterocycles.